The quantitative estimate of drug-likeness (QED) is 0.758. The Morgan fingerprint density at radius 1 is 1.13 bits per heavy atom. The fraction of sp³-hybridized carbons (Fsp3) is 1.00. The molecule has 15 heavy (non-hydrogen) atoms. The SMILES string of the molecule is CC1CC(NC(C2CC2)C2CC2)CN1C. The minimum atomic E-state index is 0.774. The molecule has 2 saturated carbocycles. The summed E-state index contributed by atoms with van der Waals surface area (Å²) >= 11 is 0. The largest absolute Gasteiger partial charge is 0.309 e. The lowest BCUT2D eigenvalue weighted by Crippen LogP contribution is -2.42. The van der Waals surface area contributed by atoms with Crippen molar-refractivity contribution in [1.29, 1.82) is 0 Å². The van der Waals surface area contributed by atoms with E-state index in [-0.39, 0.29) is 0 Å². The molecule has 2 atom stereocenters. The lowest BCUT2D eigenvalue weighted by Gasteiger charge is -2.22. The Balaban J connectivity index is 1.54. The number of hydrogen-bond acceptors (Lipinski definition) is 2. The molecule has 2 aliphatic carbocycles. The van der Waals surface area contributed by atoms with Gasteiger partial charge in [0, 0.05) is 24.7 Å². The predicted octanol–water partition coefficient (Wildman–Crippen LogP) is 1.86. The van der Waals surface area contributed by atoms with Crippen LogP contribution in [0.5, 0.6) is 0 Å². The van der Waals surface area contributed by atoms with E-state index in [1.54, 1.807) is 0 Å². The van der Waals surface area contributed by atoms with Crippen LogP contribution < -0.4 is 5.32 Å². The van der Waals surface area contributed by atoms with Gasteiger partial charge in [0.1, 0.15) is 0 Å². The third kappa shape index (κ3) is 2.21. The molecular weight excluding hydrogens is 184 g/mol. The number of hydrogen-bond donors (Lipinski definition) is 1. The molecule has 1 aliphatic heterocycles. The first-order chi connectivity index (χ1) is 7.24. The zero-order valence-corrected chi connectivity index (χ0v) is 10.1. The summed E-state index contributed by atoms with van der Waals surface area (Å²) in [4.78, 5) is 2.49. The number of likely N-dealkylation sites (tertiary alicyclic amines) is 1. The maximum absolute atomic E-state index is 3.96. The molecule has 2 unspecified atom stereocenters. The third-order valence-electron chi connectivity index (χ3n) is 4.57. The Morgan fingerprint density at radius 3 is 2.13 bits per heavy atom. The van der Waals surface area contributed by atoms with Crippen LogP contribution in [0.1, 0.15) is 39.0 Å². The highest BCUT2D eigenvalue weighted by Crippen LogP contribution is 2.45. The van der Waals surface area contributed by atoms with E-state index in [1.165, 1.54) is 38.6 Å². The monoisotopic (exact) mass is 208 g/mol. The number of nitrogens with zero attached hydrogens (tertiary/aromatic N) is 1. The highest BCUT2D eigenvalue weighted by atomic mass is 15.2. The average Bonchev–Trinajstić information content (AvgIpc) is 3.07. The molecular formula is C13H24N2. The first-order valence-corrected chi connectivity index (χ1v) is 6.70. The summed E-state index contributed by atoms with van der Waals surface area (Å²) in [5, 5.41) is 3.96. The van der Waals surface area contributed by atoms with E-state index >= 15 is 0 Å². The molecule has 1 saturated heterocycles. The van der Waals surface area contributed by atoms with Gasteiger partial charge in [-0.1, -0.05) is 0 Å². The molecule has 1 N–H and O–H groups in total. The second-order valence-electron chi connectivity index (χ2n) is 6.09. The first-order valence-electron chi connectivity index (χ1n) is 6.70. The highest BCUT2D eigenvalue weighted by molar-refractivity contribution is 4.99. The molecule has 2 nitrogen and oxygen atoms in total. The van der Waals surface area contributed by atoms with E-state index in [2.05, 4.69) is 24.2 Å². The van der Waals surface area contributed by atoms with Gasteiger partial charge in [0.2, 0.25) is 0 Å². The van der Waals surface area contributed by atoms with E-state index in [0.717, 1.165) is 30.0 Å². The lowest BCUT2D eigenvalue weighted by molar-refractivity contribution is 0.318. The van der Waals surface area contributed by atoms with Crippen LogP contribution in [0.2, 0.25) is 0 Å². The van der Waals surface area contributed by atoms with Crippen LogP contribution in [0.15, 0.2) is 0 Å². The molecule has 1 heterocycles. The minimum absolute atomic E-state index is 0.774. The smallest absolute Gasteiger partial charge is 0.0212 e. The third-order valence-corrected chi connectivity index (χ3v) is 4.57. The molecule has 86 valence electrons. The van der Waals surface area contributed by atoms with Crippen LogP contribution in [0.25, 0.3) is 0 Å². The molecule has 3 fully saturated rings. The van der Waals surface area contributed by atoms with E-state index in [9.17, 15) is 0 Å². The van der Waals surface area contributed by atoms with Gasteiger partial charge in [-0.3, -0.25) is 0 Å². The summed E-state index contributed by atoms with van der Waals surface area (Å²) in [6.45, 7) is 3.61. The van der Waals surface area contributed by atoms with E-state index in [4.69, 9.17) is 0 Å². The molecule has 0 aromatic carbocycles. The summed E-state index contributed by atoms with van der Waals surface area (Å²) in [6, 6.07) is 2.44. The molecule has 0 aromatic rings. The van der Waals surface area contributed by atoms with Crippen LogP contribution in [0, 0.1) is 11.8 Å². The summed E-state index contributed by atoms with van der Waals surface area (Å²) < 4.78 is 0. The summed E-state index contributed by atoms with van der Waals surface area (Å²) in [5.41, 5.74) is 0. The predicted molar refractivity (Wildman–Crippen MR) is 62.9 cm³/mol. The summed E-state index contributed by atoms with van der Waals surface area (Å²) in [7, 11) is 2.26. The van der Waals surface area contributed by atoms with Gasteiger partial charge in [-0.05, 0) is 57.9 Å². The Hall–Kier alpha value is -0.0800. The van der Waals surface area contributed by atoms with Gasteiger partial charge >= 0.3 is 0 Å². The van der Waals surface area contributed by atoms with Crippen molar-refractivity contribution in [3.8, 4) is 0 Å². The van der Waals surface area contributed by atoms with Crippen molar-refractivity contribution in [3.05, 3.63) is 0 Å². The van der Waals surface area contributed by atoms with Gasteiger partial charge in [-0.25, -0.2) is 0 Å². The van der Waals surface area contributed by atoms with Crippen LogP contribution in [-0.2, 0) is 0 Å². The van der Waals surface area contributed by atoms with E-state index in [0.29, 0.717) is 0 Å². The van der Waals surface area contributed by atoms with Gasteiger partial charge in [0.15, 0.2) is 0 Å². The van der Waals surface area contributed by atoms with Crippen molar-refractivity contribution < 1.29 is 0 Å². The van der Waals surface area contributed by atoms with E-state index < -0.39 is 0 Å². The Labute approximate surface area is 93.4 Å². The molecule has 3 rings (SSSR count). The maximum Gasteiger partial charge on any atom is 0.0212 e. The second-order valence-corrected chi connectivity index (χ2v) is 6.09. The van der Waals surface area contributed by atoms with Crippen molar-refractivity contribution in [2.75, 3.05) is 13.6 Å². The van der Waals surface area contributed by atoms with Gasteiger partial charge < -0.3 is 10.2 Å². The average molecular weight is 208 g/mol. The normalized spacial score (nSPS) is 37.8. The molecule has 2 heteroatoms. The zero-order valence-electron chi connectivity index (χ0n) is 10.1. The minimum Gasteiger partial charge on any atom is -0.309 e. The summed E-state index contributed by atoms with van der Waals surface area (Å²) in [5.74, 6) is 2.08. The number of rotatable bonds is 4. The van der Waals surface area contributed by atoms with Gasteiger partial charge in [0.25, 0.3) is 0 Å². The molecule has 0 bridgehead atoms. The second kappa shape index (κ2) is 3.74. The number of likely N-dealkylation sites (N-methyl/N-ethyl adjacent to an activating group) is 1. The maximum atomic E-state index is 3.96. The fourth-order valence-electron chi connectivity index (χ4n) is 3.15. The lowest BCUT2D eigenvalue weighted by atomic mass is 10.1. The van der Waals surface area contributed by atoms with Gasteiger partial charge in [-0.2, -0.15) is 0 Å². The topological polar surface area (TPSA) is 15.3 Å². The molecule has 0 aromatic heterocycles. The molecule has 0 amide bonds. The van der Waals surface area contributed by atoms with Crippen molar-refractivity contribution >= 4 is 0 Å². The van der Waals surface area contributed by atoms with Gasteiger partial charge in [-0.15, -0.1) is 0 Å². The fourth-order valence-corrected chi connectivity index (χ4v) is 3.15. The molecule has 3 aliphatic rings. The van der Waals surface area contributed by atoms with Gasteiger partial charge in [0.05, 0.1) is 0 Å². The standard InChI is InChI=1S/C13H24N2/c1-9-7-12(8-15(9)2)14-13(10-3-4-10)11-5-6-11/h9-14H,3-8H2,1-2H3. The van der Waals surface area contributed by atoms with E-state index in [1.807, 2.05) is 0 Å². The van der Waals surface area contributed by atoms with Crippen LogP contribution in [0.4, 0.5) is 0 Å². The van der Waals surface area contributed by atoms with Crippen molar-refractivity contribution in [2.24, 2.45) is 11.8 Å². The van der Waals surface area contributed by atoms with Crippen LogP contribution in [0.3, 0.4) is 0 Å². The van der Waals surface area contributed by atoms with Crippen LogP contribution in [-0.4, -0.2) is 36.6 Å². The van der Waals surface area contributed by atoms with Crippen molar-refractivity contribution in [2.45, 2.75) is 57.2 Å². The highest BCUT2D eigenvalue weighted by Gasteiger charge is 2.43. The Bertz CT molecular complexity index is 211. The van der Waals surface area contributed by atoms with Crippen molar-refractivity contribution in [1.82, 2.24) is 10.2 Å². The first kappa shape index (κ1) is 10.1. The summed E-state index contributed by atoms with van der Waals surface area (Å²) in [6.07, 6.45) is 7.32. The molecule has 0 spiro atoms. The Morgan fingerprint density at radius 2 is 1.73 bits per heavy atom. The Kier molecular flexibility index (Phi) is 2.52. The zero-order chi connectivity index (χ0) is 10.4. The number of nitrogens with one attached hydrogen (secondary N) is 1. The van der Waals surface area contributed by atoms with Crippen molar-refractivity contribution in [3.63, 3.8) is 0 Å². The van der Waals surface area contributed by atoms with Crippen LogP contribution >= 0.6 is 0 Å². The molecule has 0 radical (unpaired) electrons.